The minimum atomic E-state index is -4.02. The Labute approximate surface area is 139 Å². The molecule has 0 aliphatic carbocycles. The van der Waals surface area contributed by atoms with E-state index in [4.69, 9.17) is 11.6 Å². The molecule has 2 unspecified atom stereocenters. The molecule has 0 saturated carbocycles. The number of alkyl halides is 2. The third-order valence-electron chi connectivity index (χ3n) is 3.62. The molecule has 2 atom stereocenters. The van der Waals surface area contributed by atoms with E-state index >= 15 is 0 Å². The Morgan fingerprint density at radius 2 is 2.04 bits per heavy atom. The number of halogens is 3. The van der Waals surface area contributed by atoms with Gasteiger partial charge in [-0.3, -0.25) is 0 Å². The van der Waals surface area contributed by atoms with Gasteiger partial charge in [0.2, 0.25) is 10.0 Å². The summed E-state index contributed by atoms with van der Waals surface area (Å²) in [5.74, 6) is -0.310. The molecule has 130 valence electrons. The fraction of sp³-hybridized carbons (Fsp3) is 0.571. The van der Waals surface area contributed by atoms with Gasteiger partial charge in [0.1, 0.15) is 10.6 Å². The van der Waals surface area contributed by atoms with Gasteiger partial charge < -0.3 is 10.1 Å². The Hall–Kier alpha value is -0.960. The first kappa shape index (κ1) is 18.4. The number of hydrogen-bond donors (Lipinski definition) is 1. The molecule has 1 aliphatic rings. The maximum Gasteiger partial charge on any atom is 0.387 e. The highest BCUT2D eigenvalue weighted by Gasteiger charge is 2.34. The predicted octanol–water partition coefficient (Wildman–Crippen LogP) is 2.56. The summed E-state index contributed by atoms with van der Waals surface area (Å²) in [7, 11) is -4.02. The van der Waals surface area contributed by atoms with E-state index in [9.17, 15) is 17.2 Å². The molecule has 1 aromatic carbocycles. The summed E-state index contributed by atoms with van der Waals surface area (Å²) in [4.78, 5) is -0.341. The molecule has 9 heteroatoms. The van der Waals surface area contributed by atoms with Crippen molar-refractivity contribution in [2.24, 2.45) is 5.92 Å². The average Bonchev–Trinajstić information content (AvgIpc) is 2.62. The molecule has 0 spiro atoms. The third kappa shape index (κ3) is 4.32. The lowest BCUT2D eigenvalue weighted by Gasteiger charge is -2.28. The maximum absolute atomic E-state index is 13.0. The fourth-order valence-corrected chi connectivity index (χ4v) is 4.67. The number of sulfonamides is 1. The van der Waals surface area contributed by atoms with Crippen molar-refractivity contribution in [1.29, 1.82) is 0 Å². The number of ether oxygens (including phenoxy) is 1. The lowest BCUT2D eigenvalue weighted by molar-refractivity contribution is -0.0518. The summed E-state index contributed by atoms with van der Waals surface area (Å²) in [5, 5.41) is 3.31. The van der Waals surface area contributed by atoms with Crippen molar-refractivity contribution in [3.05, 3.63) is 23.2 Å². The van der Waals surface area contributed by atoms with Gasteiger partial charge in [-0.15, -0.1) is 0 Å². The highest BCUT2D eigenvalue weighted by atomic mass is 35.5. The molecule has 0 aromatic heterocycles. The molecule has 1 saturated heterocycles. The van der Waals surface area contributed by atoms with E-state index in [0.29, 0.717) is 13.1 Å². The number of hydrogen-bond acceptors (Lipinski definition) is 4. The van der Waals surface area contributed by atoms with Gasteiger partial charge in [-0.1, -0.05) is 18.5 Å². The van der Waals surface area contributed by atoms with Gasteiger partial charge in [0.15, 0.2) is 0 Å². The summed E-state index contributed by atoms with van der Waals surface area (Å²) in [5.41, 5.74) is 0. The molecule has 2 rings (SSSR count). The van der Waals surface area contributed by atoms with Crippen LogP contribution >= 0.6 is 11.6 Å². The van der Waals surface area contributed by atoms with Gasteiger partial charge in [0.05, 0.1) is 0 Å². The molecule has 23 heavy (non-hydrogen) atoms. The lowest BCUT2D eigenvalue weighted by Crippen LogP contribution is -2.42. The first-order valence-electron chi connectivity index (χ1n) is 7.18. The number of nitrogens with zero attached hydrogens (tertiary/aromatic N) is 1. The van der Waals surface area contributed by atoms with Crippen LogP contribution in [0.15, 0.2) is 23.1 Å². The second-order valence-electron chi connectivity index (χ2n) is 5.66. The first-order chi connectivity index (χ1) is 10.7. The van der Waals surface area contributed by atoms with Crippen molar-refractivity contribution >= 4 is 21.6 Å². The quantitative estimate of drug-likeness (QED) is 0.887. The molecule has 0 bridgehead atoms. The lowest BCUT2D eigenvalue weighted by atomic mass is 10.2. The van der Waals surface area contributed by atoms with E-state index in [0.717, 1.165) is 12.1 Å². The van der Waals surface area contributed by atoms with Crippen LogP contribution in [0.1, 0.15) is 13.8 Å². The molecule has 0 radical (unpaired) electrons. The summed E-state index contributed by atoms with van der Waals surface area (Å²) < 4.78 is 56.7. The van der Waals surface area contributed by atoms with E-state index in [1.54, 1.807) is 6.92 Å². The Bertz CT molecular complexity index is 657. The van der Waals surface area contributed by atoms with Crippen molar-refractivity contribution < 1.29 is 21.9 Å². The maximum atomic E-state index is 13.0. The molecule has 0 amide bonds. The summed E-state index contributed by atoms with van der Waals surface area (Å²) in [6.45, 7) is 2.02. The molecule has 1 fully saturated rings. The Morgan fingerprint density at radius 3 is 2.70 bits per heavy atom. The van der Waals surface area contributed by atoms with Gasteiger partial charge in [0.25, 0.3) is 0 Å². The second-order valence-corrected chi connectivity index (χ2v) is 7.95. The molecule has 1 aromatic rings. The monoisotopic (exact) mass is 368 g/mol. The van der Waals surface area contributed by atoms with Gasteiger partial charge in [-0.25, -0.2) is 8.42 Å². The summed E-state index contributed by atoms with van der Waals surface area (Å²) in [6.07, 6.45) is 0. The van der Waals surface area contributed by atoms with E-state index < -0.39 is 22.4 Å². The first-order valence-corrected chi connectivity index (χ1v) is 9.00. The zero-order chi connectivity index (χ0) is 17.2. The van der Waals surface area contributed by atoms with Crippen molar-refractivity contribution in [3.63, 3.8) is 0 Å². The van der Waals surface area contributed by atoms with E-state index in [-0.39, 0.29) is 28.4 Å². The standard InChI is InChI=1S/C14H19ClF2N2O3S/c1-9-6-18-7-10(2)19(8-9)23(20,21)13-5-11(15)3-4-12(13)22-14(16)17/h3-5,9-10,14,18H,6-8H2,1-2H3. The van der Waals surface area contributed by atoms with Crippen LogP contribution in [-0.4, -0.2) is 45.0 Å². The predicted molar refractivity (Wildman–Crippen MR) is 83.5 cm³/mol. The van der Waals surface area contributed by atoms with Crippen LogP contribution in [0.2, 0.25) is 5.02 Å². The highest BCUT2D eigenvalue weighted by Crippen LogP contribution is 2.32. The van der Waals surface area contributed by atoms with Crippen LogP contribution in [-0.2, 0) is 10.0 Å². The topological polar surface area (TPSA) is 58.6 Å². The van der Waals surface area contributed by atoms with Crippen molar-refractivity contribution in [3.8, 4) is 5.75 Å². The second kappa shape index (κ2) is 7.29. The van der Waals surface area contributed by atoms with Crippen molar-refractivity contribution in [2.75, 3.05) is 19.6 Å². The Kier molecular flexibility index (Phi) is 5.83. The molecular weight excluding hydrogens is 350 g/mol. The SMILES string of the molecule is CC1CNCC(C)N(S(=O)(=O)c2cc(Cl)ccc2OC(F)F)C1. The highest BCUT2D eigenvalue weighted by molar-refractivity contribution is 7.89. The fourth-order valence-electron chi connectivity index (χ4n) is 2.53. The zero-order valence-electron chi connectivity index (χ0n) is 12.8. The molecule has 1 N–H and O–H groups in total. The van der Waals surface area contributed by atoms with Crippen LogP contribution < -0.4 is 10.1 Å². The van der Waals surface area contributed by atoms with Crippen LogP contribution in [0.4, 0.5) is 8.78 Å². The molecule has 1 heterocycles. The third-order valence-corrected chi connectivity index (χ3v) is 5.86. The Balaban J connectivity index is 2.47. The van der Waals surface area contributed by atoms with Gasteiger partial charge in [-0.05, 0) is 37.6 Å². The Morgan fingerprint density at radius 1 is 1.35 bits per heavy atom. The summed E-state index contributed by atoms with van der Waals surface area (Å²) in [6, 6.07) is 3.29. The van der Waals surface area contributed by atoms with Gasteiger partial charge in [-0.2, -0.15) is 13.1 Å². The van der Waals surface area contributed by atoms with Gasteiger partial charge >= 0.3 is 6.61 Å². The van der Waals surface area contributed by atoms with E-state index in [2.05, 4.69) is 10.1 Å². The smallest absolute Gasteiger partial charge is 0.387 e. The minimum Gasteiger partial charge on any atom is -0.433 e. The molecule has 5 nitrogen and oxygen atoms in total. The van der Waals surface area contributed by atoms with Crippen LogP contribution in [0.3, 0.4) is 0 Å². The number of nitrogens with one attached hydrogen (secondary N) is 1. The zero-order valence-corrected chi connectivity index (χ0v) is 14.4. The molecular formula is C14H19ClF2N2O3S. The minimum absolute atomic E-state index is 0.0911. The normalized spacial score (nSPS) is 23.7. The van der Waals surface area contributed by atoms with Crippen molar-refractivity contribution in [2.45, 2.75) is 31.4 Å². The van der Waals surface area contributed by atoms with Gasteiger partial charge in [0, 0.05) is 24.2 Å². The van der Waals surface area contributed by atoms with E-state index in [1.165, 1.54) is 10.4 Å². The van der Waals surface area contributed by atoms with Crippen LogP contribution in [0, 0.1) is 5.92 Å². The summed E-state index contributed by atoms with van der Waals surface area (Å²) >= 11 is 5.86. The van der Waals surface area contributed by atoms with E-state index in [1.807, 2.05) is 6.92 Å². The average molecular weight is 369 g/mol. The molecule has 1 aliphatic heterocycles. The number of benzene rings is 1. The van der Waals surface area contributed by atoms with Crippen LogP contribution in [0.25, 0.3) is 0 Å². The number of rotatable bonds is 4. The van der Waals surface area contributed by atoms with Crippen LogP contribution in [0.5, 0.6) is 5.75 Å². The van der Waals surface area contributed by atoms with Crippen molar-refractivity contribution in [1.82, 2.24) is 9.62 Å². The largest absolute Gasteiger partial charge is 0.433 e.